The second kappa shape index (κ2) is 8.24. The van der Waals surface area contributed by atoms with Crippen LogP contribution in [0.3, 0.4) is 0 Å². The van der Waals surface area contributed by atoms with E-state index in [0.717, 1.165) is 27.0 Å². The summed E-state index contributed by atoms with van der Waals surface area (Å²) in [6, 6.07) is 20.5. The lowest BCUT2D eigenvalue weighted by atomic mass is 10.1. The molecule has 3 aromatic carbocycles. The van der Waals surface area contributed by atoms with Crippen LogP contribution in [-0.2, 0) is 15.6 Å². The molecule has 0 unspecified atom stereocenters. The Bertz CT molecular complexity index is 1340. The van der Waals surface area contributed by atoms with Crippen LogP contribution in [0.5, 0.6) is 0 Å². The van der Waals surface area contributed by atoms with Gasteiger partial charge in [0, 0.05) is 11.8 Å². The molecule has 0 bridgehead atoms. The number of carbonyl (C=O) groups is 1. The van der Waals surface area contributed by atoms with Gasteiger partial charge in [-0.3, -0.25) is 9.69 Å². The summed E-state index contributed by atoms with van der Waals surface area (Å²) in [4.78, 5) is 20.0. The van der Waals surface area contributed by atoms with Crippen molar-refractivity contribution in [1.82, 2.24) is 4.98 Å². The lowest BCUT2D eigenvalue weighted by Crippen LogP contribution is -2.26. The molecule has 1 aromatic heterocycles. The van der Waals surface area contributed by atoms with Crippen LogP contribution in [0.1, 0.15) is 27.0 Å². The third-order valence-electron chi connectivity index (χ3n) is 4.74. The molecule has 0 N–H and O–H groups in total. The molecule has 7 heteroatoms. The number of fused-ring (bicyclic) bond motifs is 1. The Labute approximate surface area is 185 Å². The van der Waals surface area contributed by atoms with Crippen LogP contribution in [0.4, 0.5) is 10.8 Å². The molecule has 0 aliphatic carbocycles. The zero-order chi connectivity index (χ0) is 22.2. The minimum Gasteiger partial charge on any atom is -0.268 e. The van der Waals surface area contributed by atoms with E-state index in [-0.39, 0.29) is 11.7 Å². The summed E-state index contributed by atoms with van der Waals surface area (Å²) >= 11 is 1.45. The van der Waals surface area contributed by atoms with Gasteiger partial charge in [0.05, 0.1) is 21.7 Å². The van der Waals surface area contributed by atoms with Crippen molar-refractivity contribution in [3.05, 3.63) is 89.0 Å². The molecule has 31 heavy (non-hydrogen) atoms. The predicted molar refractivity (Wildman–Crippen MR) is 127 cm³/mol. The fourth-order valence-electron chi connectivity index (χ4n) is 3.58. The summed E-state index contributed by atoms with van der Waals surface area (Å²) in [5.74, 6) is -0.363. The lowest BCUT2D eigenvalue weighted by molar-refractivity contribution is 0.0999. The van der Waals surface area contributed by atoms with Gasteiger partial charge in [-0.2, -0.15) is 0 Å². The van der Waals surface area contributed by atoms with Crippen molar-refractivity contribution in [3.63, 3.8) is 0 Å². The summed E-state index contributed by atoms with van der Waals surface area (Å²) in [6.07, 6.45) is 1.18. The van der Waals surface area contributed by atoms with Crippen molar-refractivity contribution < 1.29 is 13.2 Å². The predicted octanol–water partition coefficient (Wildman–Crippen LogP) is 5.44. The van der Waals surface area contributed by atoms with Gasteiger partial charge in [0.25, 0.3) is 5.91 Å². The Morgan fingerprint density at radius 2 is 1.68 bits per heavy atom. The van der Waals surface area contributed by atoms with Crippen LogP contribution in [0.15, 0.2) is 66.7 Å². The van der Waals surface area contributed by atoms with Crippen molar-refractivity contribution in [2.75, 3.05) is 11.2 Å². The van der Waals surface area contributed by atoms with Gasteiger partial charge in [-0.05, 0) is 66.9 Å². The molecule has 0 saturated heterocycles. The van der Waals surface area contributed by atoms with Gasteiger partial charge >= 0.3 is 0 Å². The Hall–Kier alpha value is -3.03. The highest BCUT2D eigenvalue weighted by atomic mass is 32.2. The van der Waals surface area contributed by atoms with E-state index >= 15 is 0 Å². The van der Waals surface area contributed by atoms with Gasteiger partial charge in [-0.25, -0.2) is 13.4 Å². The molecule has 1 heterocycles. The molecule has 4 rings (SSSR count). The lowest BCUT2D eigenvalue weighted by Gasteiger charge is -2.21. The molecule has 0 radical (unpaired) electrons. The quantitative estimate of drug-likeness (QED) is 0.406. The summed E-state index contributed by atoms with van der Waals surface area (Å²) in [6.45, 7) is 3.98. The van der Waals surface area contributed by atoms with E-state index in [1.54, 1.807) is 29.2 Å². The topological polar surface area (TPSA) is 67.3 Å². The molecular weight excluding hydrogens is 428 g/mol. The van der Waals surface area contributed by atoms with Crippen LogP contribution in [0, 0.1) is 13.8 Å². The van der Waals surface area contributed by atoms with E-state index < -0.39 is 9.84 Å². The standard InChI is InChI=1S/C24H22N2O3S2/c1-16-11-17(2)13-20(12-16)26(24-25-21-9-4-5-10-22(21)30-24)23(27)19-8-6-7-18(14-19)15-31(3,28)29/h4-14H,15H2,1-3H3. The monoisotopic (exact) mass is 450 g/mol. The van der Waals surface area contributed by atoms with E-state index in [1.165, 1.54) is 17.6 Å². The Balaban J connectivity index is 1.84. The summed E-state index contributed by atoms with van der Waals surface area (Å²) < 4.78 is 24.4. The summed E-state index contributed by atoms with van der Waals surface area (Å²) in [5.41, 5.74) is 4.64. The summed E-state index contributed by atoms with van der Waals surface area (Å²) in [5, 5.41) is 0.574. The largest absolute Gasteiger partial charge is 0.268 e. The zero-order valence-corrected chi connectivity index (χ0v) is 19.1. The van der Waals surface area contributed by atoms with Gasteiger partial charge in [0.15, 0.2) is 15.0 Å². The number of hydrogen-bond acceptors (Lipinski definition) is 5. The van der Waals surface area contributed by atoms with E-state index in [4.69, 9.17) is 4.98 Å². The van der Waals surface area contributed by atoms with E-state index in [9.17, 15) is 13.2 Å². The number of benzene rings is 3. The first kappa shape index (κ1) is 21.2. The first-order chi connectivity index (χ1) is 14.7. The highest BCUT2D eigenvalue weighted by Gasteiger charge is 2.24. The first-order valence-electron chi connectivity index (χ1n) is 9.74. The second-order valence-corrected chi connectivity index (χ2v) is 10.9. The van der Waals surface area contributed by atoms with Gasteiger partial charge in [0.1, 0.15) is 0 Å². The maximum atomic E-state index is 13.7. The fraction of sp³-hybridized carbons (Fsp3) is 0.167. The molecule has 5 nitrogen and oxygen atoms in total. The van der Waals surface area contributed by atoms with E-state index in [2.05, 4.69) is 6.07 Å². The maximum Gasteiger partial charge on any atom is 0.264 e. The zero-order valence-electron chi connectivity index (χ0n) is 17.5. The van der Waals surface area contributed by atoms with Crippen molar-refractivity contribution in [2.45, 2.75) is 19.6 Å². The van der Waals surface area contributed by atoms with E-state index in [0.29, 0.717) is 16.3 Å². The van der Waals surface area contributed by atoms with Gasteiger partial charge in [0.2, 0.25) is 0 Å². The van der Waals surface area contributed by atoms with Crippen molar-refractivity contribution in [3.8, 4) is 0 Å². The van der Waals surface area contributed by atoms with Crippen LogP contribution in [0.25, 0.3) is 10.2 Å². The minimum atomic E-state index is -3.21. The molecule has 0 fully saturated rings. The van der Waals surface area contributed by atoms with Crippen molar-refractivity contribution in [2.24, 2.45) is 0 Å². The van der Waals surface area contributed by atoms with Crippen molar-refractivity contribution in [1.29, 1.82) is 0 Å². The highest BCUT2D eigenvalue weighted by Crippen LogP contribution is 2.35. The smallest absolute Gasteiger partial charge is 0.264 e. The fourth-order valence-corrected chi connectivity index (χ4v) is 5.35. The number of anilines is 2. The molecule has 4 aromatic rings. The number of thiazole rings is 1. The van der Waals surface area contributed by atoms with Crippen molar-refractivity contribution >= 4 is 48.1 Å². The number of nitrogens with zero attached hydrogens (tertiary/aromatic N) is 2. The van der Waals surface area contributed by atoms with Gasteiger partial charge in [-0.15, -0.1) is 0 Å². The average molecular weight is 451 g/mol. The number of aryl methyl sites for hydroxylation is 2. The number of rotatable bonds is 5. The molecular formula is C24H22N2O3S2. The molecule has 158 valence electrons. The number of sulfone groups is 1. The third-order valence-corrected chi connectivity index (χ3v) is 6.62. The van der Waals surface area contributed by atoms with Crippen LogP contribution in [-0.4, -0.2) is 25.6 Å². The summed E-state index contributed by atoms with van der Waals surface area (Å²) in [7, 11) is -3.21. The molecule has 0 aliphatic rings. The molecule has 0 aliphatic heterocycles. The van der Waals surface area contributed by atoms with E-state index in [1.807, 2.05) is 50.2 Å². The second-order valence-electron chi connectivity index (χ2n) is 7.72. The number of carbonyl (C=O) groups excluding carboxylic acids is 1. The first-order valence-corrected chi connectivity index (χ1v) is 12.6. The van der Waals surface area contributed by atoms with Crippen LogP contribution < -0.4 is 4.90 Å². The number of aromatic nitrogens is 1. The average Bonchev–Trinajstić information content (AvgIpc) is 3.09. The van der Waals surface area contributed by atoms with Crippen LogP contribution >= 0.6 is 11.3 Å². The number of amides is 1. The van der Waals surface area contributed by atoms with Gasteiger partial charge in [-0.1, -0.05) is 41.7 Å². The number of hydrogen-bond donors (Lipinski definition) is 0. The Kier molecular flexibility index (Phi) is 5.64. The maximum absolute atomic E-state index is 13.7. The Morgan fingerprint density at radius 3 is 2.35 bits per heavy atom. The highest BCUT2D eigenvalue weighted by molar-refractivity contribution is 7.89. The third kappa shape index (κ3) is 4.84. The van der Waals surface area contributed by atoms with Crippen LogP contribution in [0.2, 0.25) is 0 Å². The number of para-hydroxylation sites is 1. The molecule has 0 saturated carbocycles. The molecule has 1 amide bonds. The normalized spacial score (nSPS) is 11.6. The van der Waals surface area contributed by atoms with Gasteiger partial charge < -0.3 is 0 Å². The molecule has 0 spiro atoms. The Morgan fingerprint density at radius 1 is 0.968 bits per heavy atom. The molecule has 0 atom stereocenters. The SMILES string of the molecule is Cc1cc(C)cc(N(C(=O)c2cccc(CS(C)(=O)=O)c2)c2nc3ccccc3s2)c1. The minimum absolute atomic E-state index is 0.112.